The summed E-state index contributed by atoms with van der Waals surface area (Å²) in [6.07, 6.45) is 1.72. The van der Waals surface area contributed by atoms with Gasteiger partial charge in [0.2, 0.25) is 0 Å². The molecule has 0 bridgehead atoms. The summed E-state index contributed by atoms with van der Waals surface area (Å²) in [5, 5.41) is 3.90. The summed E-state index contributed by atoms with van der Waals surface area (Å²) in [5.41, 5.74) is 2.98. The number of halogens is 1. The first-order valence-electron chi connectivity index (χ1n) is 7.67. The van der Waals surface area contributed by atoms with Crippen LogP contribution in [0.25, 0.3) is 22.4 Å². The van der Waals surface area contributed by atoms with Crippen molar-refractivity contribution in [3.63, 3.8) is 0 Å². The van der Waals surface area contributed by atoms with Gasteiger partial charge in [0.05, 0.1) is 16.1 Å². The number of imidazole rings is 1. The molecule has 2 aromatic heterocycles. The van der Waals surface area contributed by atoms with Crippen molar-refractivity contribution in [2.24, 2.45) is 7.05 Å². The van der Waals surface area contributed by atoms with Crippen LogP contribution in [0.4, 0.5) is 5.82 Å². The number of para-hydroxylation sites is 2. The molecule has 0 aliphatic carbocycles. The van der Waals surface area contributed by atoms with E-state index in [9.17, 15) is 0 Å². The lowest BCUT2D eigenvalue weighted by Crippen LogP contribution is -2.57. The van der Waals surface area contributed by atoms with Gasteiger partial charge in [-0.3, -0.25) is 0 Å². The van der Waals surface area contributed by atoms with Gasteiger partial charge in [-0.1, -0.05) is 23.7 Å². The zero-order valence-electron chi connectivity index (χ0n) is 13.1. The van der Waals surface area contributed by atoms with Crippen molar-refractivity contribution in [1.82, 2.24) is 19.9 Å². The van der Waals surface area contributed by atoms with E-state index in [2.05, 4.69) is 25.8 Å². The molecule has 1 saturated heterocycles. The van der Waals surface area contributed by atoms with Crippen LogP contribution in [0.2, 0.25) is 5.02 Å². The second-order valence-electron chi connectivity index (χ2n) is 5.90. The van der Waals surface area contributed by atoms with Crippen molar-refractivity contribution in [2.75, 3.05) is 25.0 Å². The van der Waals surface area contributed by atoms with E-state index in [1.165, 1.54) is 0 Å². The van der Waals surface area contributed by atoms with Crippen LogP contribution in [0.1, 0.15) is 0 Å². The lowest BCUT2D eigenvalue weighted by molar-refractivity contribution is 0.447. The van der Waals surface area contributed by atoms with Gasteiger partial charge in [0.1, 0.15) is 11.6 Å². The Morgan fingerprint density at radius 3 is 2.78 bits per heavy atom. The van der Waals surface area contributed by atoms with Gasteiger partial charge >= 0.3 is 0 Å². The Kier molecular flexibility index (Phi) is 3.47. The maximum absolute atomic E-state index is 6.41. The Bertz CT molecular complexity index is 867. The number of pyridine rings is 1. The van der Waals surface area contributed by atoms with Gasteiger partial charge in [0.25, 0.3) is 0 Å². The SMILES string of the molecule is CNC1CN(c2cc(-c3nc4ccccc4n3C)c(Cl)cn2)C1. The number of rotatable bonds is 3. The third-order valence-corrected chi connectivity index (χ3v) is 4.78. The predicted molar refractivity (Wildman–Crippen MR) is 94.0 cm³/mol. The van der Waals surface area contributed by atoms with E-state index in [0.29, 0.717) is 11.1 Å². The van der Waals surface area contributed by atoms with Crippen LogP contribution in [0.5, 0.6) is 0 Å². The molecule has 3 heterocycles. The number of nitrogens with one attached hydrogen (secondary N) is 1. The van der Waals surface area contributed by atoms with Gasteiger partial charge < -0.3 is 14.8 Å². The molecular weight excluding hydrogens is 310 g/mol. The van der Waals surface area contributed by atoms with E-state index in [-0.39, 0.29) is 0 Å². The van der Waals surface area contributed by atoms with Gasteiger partial charge in [-0.15, -0.1) is 0 Å². The lowest BCUT2D eigenvalue weighted by atomic mass is 10.1. The third-order valence-electron chi connectivity index (χ3n) is 4.48. The molecule has 0 saturated carbocycles. The Morgan fingerprint density at radius 2 is 2.04 bits per heavy atom. The summed E-state index contributed by atoms with van der Waals surface area (Å²) in [6, 6.07) is 10.7. The average Bonchev–Trinajstić information content (AvgIpc) is 2.85. The smallest absolute Gasteiger partial charge is 0.142 e. The molecule has 1 aromatic carbocycles. The molecule has 1 aliphatic heterocycles. The van der Waals surface area contributed by atoms with E-state index in [1.807, 2.05) is 38.4 Å². The van der Waals surface area contributed by atoms with Crippen molar-refractivity contribution >= 4 is 28.5 Å². The molecular formula is C17H18ClN5. The van der Waals surface area contributed by atoms with Crippen molar-refractivity contribution in [2.45, 2.75) is 6.04 Å². The van der Waals surface area contributed by atoms with E-state index < -0.39 is 0 Å². The van der Waals surface area contributed by atoms with Crippen molar-refractivity contribution in [1.29, 1.82) is 0 Å². The largest absolute Gasteiger partial charge is 0.353 e. The molecule has 118 valence electrons. The van der Waals surface area contributed by atoms with Gasteiger partial charge in [-0.05, 0) is 25.2 Å². The van der Waals surface area contributed by atoms with Crippen LogP contribution in [0.15, 0.2) is 36.5 Å². The molecule has 0 radical (unpaired) electrons. The van der Waals surface area contributed by atoms with Gasteiger partial charge in [-0.2, -0.15) is 0 Å². The Morgan fingerprint density at radius 1 is 1.26 bits per heavy atom. The van der Waals surface area contributed by atoms with Crippen molar-refractivity contribution in [3.05, 3.63) is 41.6 Å². The molecule has 1 aliphatic rings. The fraction of sp³-hybridized carbons (Fsp3) is 0.294. The minimum Gasteiger partial charge on any atom is -0.353 e. The normalized spacial score (nSPS) is 15.2. The Hall–Kier alpha value is -2.11. The molecule has 3 aromatic rings. The van der Waals surface area contributed by atoms with E-state index in [0.717, 1.165) is 41.3 Å². The first-order chi connectivity index (χ1) is 11.2. The number of likely N-dealkylation sites (N-methyl/N-ethyl adjacent to an activating group) is 1. The molecule has 0 spiro atoms. The van der Waals surface area contributed by atoms with E-state index >= 15 is 0 Å². The van der Waals surface area contributed by atoms with E-state index in [4.69, 9.17) is 16.6 Å². The molecule has 0 atom stereocenters. The summed E-state index contributed by atoms with van der Waals surface area (Å²) < 4.78 is 2.08. The fourth-order valence-corrected chi connectivity index (χ4v) is 3.19. The number of anilines is 1. The van der Waals surface area contributed by atoms with Crippen molar-refractivity contribution < 1.29 is 0 Å². The Labute approximate surface area is 139 Å². The molecule has 1 N–H and O–H groups in total. The number of hydrogen-bond donors (Lipinski definition) is 1. The molecule has 5 nitrogen and oxygen atoms in total. The van der Waals surface area contributed by atoms with E-state index in [1.54, 1.807) is 6.20 Å². The predicted octanol–water partition coefficient (Wildman–Crippen LogP) is 2.70. The van der Waals surface area contributed by atoms with Gasteiger partial charge in [-0.25, -0.2) is 9.97 Å². The number of aryl methyl sites for hydroxylation is 1. The minimum atomic E-state index is 0.534. The van der Waals surface area contributed by atoms with Crippen LogP contribution < -0.4 is 10.2 Å². The summed E-state index contributed by atoms with van der Waals surface area (Å²) in [6.45, 7) is 1.93. The zero-order chi connectivity index (χ0) is 16.0. The highest BCUT2D eigenvalue weighted by molar-refractivity contribution is 6.33. The first kappa shape index (κ1) is 14.5. The van der Waals surface area contributed by atoms with Crippen LogP contribution in [-0.4, -0.2) is 40.7 Å². The molecule has 1 fully saturated rings. The third kappa shape index (κ3) is 2.36. The number of aromatic nitrogens is 3. The van der Waals surface area contributed by atoms with Gasteiger partial charge in [0, 0.05) is 37.9 Å². The summed E-state index contributed by atoms with van der Waals surface area (Å²) in [4.78, 5) is 11.4. The minimum absolute atomic E-state index is 0.534. The van der Waals surface area contributed by atoms with Gasteiger partial charge in [0.15, 0.2) is 0 Å². The number of nitrogens with zero attached hydrogens (tertiary/aromatic N) is 4. The number of hydrogen-bond acceptors (Lipinski definition) is 4. The maximum atomic E-state index is 6.41. The molecule has 23 heavy (non-hydrogen) atoms. The quantitative estimate of drug-likeness (QED) is 0.803. The molecule has 0 unspecified atom stereocenters. The highest BCUT2D eigenvalue weighted by Crippen LogP contribution is 2.32. The molecule has 6 heteroatoms. The van der Waals surface area contributed by atoms with Crippen LogP contribution in [0.3, 0.4) is 0 Å². The average molecular weight is 328 g/mol. The summed E-state index contributed by atoms with van der Waals surface area (Å²) >= 11 is 6.41. The Balaban J connectivity index is 1.77. The van der Waals surface area contributed by atoms with Crippen LogP contribution >= 0.6 is 11.6 Å². The standard InChI is InChI=1S/C17H18ClN5/c1-19-11-9-23(10-11)16-7-12(13(18)8-20-16)17-21-14-5-3-4-6-15(14)22(17)2/h3-8,11,19H,9-10H2,1-2H3. The zero-order valence-corrected chi connectivity index (χ0v) is 13.9. The topological polar surface area (TPSA) is 46.0 Å². The maximum Gasteiger partial charge on any atom is 0.142 e. The molecule has 4 rings (SSSR count). The van der Waals surface area contributed by atoms with Crippen LogP contribution in [0, 0.1) is 0 Å². The van der Waals surface area contributed by atoms with Crippen LogP contribution in [-0.2, 0) is 7.05 Å². The summed E-state index contributed by atoms with van der Waals surface area (Å²) in [7, 11) is 4.00. The second-order valence-corrected chi connectivity index (χ2v) is 6.30. The summed E-state index contributed by atoms with van der Waals surface area (Å²) in [5.74, 6) is 1.81. The first-order valence-corrected chi connectivity index (χ1v) is 8.05. The number of benzene rings is 1. The monoisotopic (exact) mass is 327 g/mol. The number of fused-ring (bicyclic) bond motifs is 1. The molecule has 0 amide bonds. The second kappa shape index (κ2) is 5.51. The lowest BCUT2D eigenvalue weighted by Gasteiger charge is -2.40. The van der Waals surface area contributed by atoms with Crippen molar-refractivity contribution in [3.8, 4) is 11.4 Å². The highest BCUT2D eigenvalue weighted by atomic mass is 35.5. The highest BCUT2D eigenvalue weighted by Gasteiger charge is 2.27. The fourth-order valence-electron chi connectivity index (χ4n) is 3.01.